The van der Waals surface area contributed by atoms with Crippen molar-refractivity contribution in [2.24, 2.45) is 0 Å². The SMILES string of the molecule is Cc1nc(N)c2c(C)c(C)n(Cc3ccc(Cl)cc3)c2n1. The van der Waals surface area contributed by atoms with Gasteiger partial charge in [-0.2, -0.15) is 0 Å². The third kappa shape index (κ3) is 2.36. The van der Waals surface area contributed by atoms with Gasteiger partial charge < -0.3 is 10.3 Å². The minimum Gasteiger partial charge on any atom is -0.383 e. The Morgan fingerprint density at radius 2 is 1.76 bits per heavy atom. The van der Waals surface area contributed by atoms with Crippen LogP contribution < -0.4 is 5.73 Å². The molecular weight excluding hydrogens is 284 g/mol. The smallest absolute Gasteiger partial charge is 0.146 e. The molecule has 0 amide bonds. The topological polar surface area (TPSA) is 56.7 Å². The number of aryl methyl sites for hydroxylation is 2. The summed E-state index contributed by atoms with van der Waals surface area (Å²) in [4.78, 5) is 8.85. The molecule has 4 nitrogen and oxygen atoms in total. The van der Waals surface area contributed by atoms with Crippen LogP contribution in [0, 0.1) is 20.8 Å². The molecule has 21 heavy (non-hydrogen) atoms. The predicted molar refractivity (Wildman–Crippen MR) is 86.7 cm³/mol. The van der Waals surface area contributed by atoms with E-state index in [2.05, 4.69) is 28.4 Å². The number of nitrogens with two attached hydrogens (primary N) is 1. The molecule has 2 aromatic heterocycles. The summed E-state index contributed by atoms with van der Waals surface area (Å²) in [5.41, 5.74) is 10.4. The Hall–Kier alpha value is -2.07. The van der Waals surface area contributed by atoms with Crippen molar-refractivity contribution >= 4 is 28.5 Å². The summed E-state index contributed by atoms with van der Waals surface area (Å²) in [6.07, 6.45) is 0. The van der Waals surface area contributed by atoms with Gasteiger partial charge in [0, 0.05) is 17.3 Å². The lowest BCUT2D eigenvalue weighted by Gasteiger charge is -2.08. The standard InChI is InChI=1S/C16H17ClN4/c1-9-10(2)21(8-12-4-6-13(17)7-5-12)16-14(9)15(18)19-11(3)20-16/h4-7H,8H2,1-3H3,(H2,18,19,20). The van der Waals surface area contributed by atoms with Crippen molar-refractivity contribution in [1.29, 1.82) is 0 Å². The summed E-state index contributed by atoms with van der Waals surface area (Å²) in [5.74, 6) is 1.24. The van der Waals surface area contributed by atoms with Crippen molar-refractivity contribution in [3.05, 3.63) is 51.9 Å². The minimum atomic E-state index is 0.549. The van der Waals surface area contributed by atoms with Crippen LogP contribution in [0.15, 0.2) is 24.3 Å². The number of hydrogen-bond donors (Lipinski definition) is 1. The second-order valence-corrected chi connectivity index (χ2v) is 5.71. The van der Waals surface area contributed by atoms with Gasteiger partial charge in [0.25, 0.3) is 0 Å². The highest BCUT2D eigenvalue weighted by atomic mass is 35.5. The molecule has 0 fully saturated rings. The van der Waals surface area contributed by atoms with Gasteiger partial charge in [0.15, 0.2) is 0 Å². The molecule has 0 atom stereocenters. The fourth-order valence-electron chi connectivity index (χ4n) is 2.64. The first-order valence-corrected chi connectivity index (χ1v) is 7.19. The van der Waals surface area contributed by atoms with E-state index in [1.807, 2.05) is 31.2 Å². The quantitative estimate of drug-likeness (QED) is 0.786. The monoisotopic (exact) mass is 300 g/mol. The van der Waals surface area contributed by atoms with Crippen LogP contribution in [0.25, 0.3) is 11.0 Å². The van der Waals surface area contributed by atoms with E-state index in [0.29, 0.717) is 11.6 Å². The van der Waals surface area contributed by atoms with E-state index in [4.69, 9.17) is 17.3 Å². The largest absolute Gasteiger partial charge is 0.383 e. The number of anilines is 1. The average molecular weight is 301 g/mol. The first-order chi connectivity index (χ1) is 9.97. The van der Waals surface area contributed by atoms with Crippen molar-refractivity contribution in [3.63, 3.8) is 0 Å². The van der Waals surface area contributed by atoms with Crippen molar-refractivity contribution < 1.29 is 0 Å². The molecule has 0 radical (unpaired) electrons. The molecule has 0 aliphatic rings. The molecule has 0 saturated heterocycles. The van der Waals surface area contributed by atoms with Gasteiger partial charge in [-0.1, -0.05) is 23.7 Å². The van der Waals surface area contributed by atoms with Crippen LogP contribution in [0.4, 0.5) is 5.82 Å². The van der Waals surface area contributed by atoms with E-state index in [-0.39, 0.29) is 0 Å². The van der Waals surface area contributed by atoms with Crippen LogP contribution in [0.1, 0.15) is 22.6 Å². The summed E-state index contributed by atoms with van der Waals surface area (Å²) in [7, 11) is 0. The number of nitrogens with zero attached hydrogens (tertiary/aromatic N) is 3. The lowest BCUT2D eigenvalue weighted by atomic mass is 10.2. The Morgan fingerprint density at radius 1 is 1.10 bits per heavy atom. The third-order valence-electron chi connectivity index (χ3n) is 3.86. The van der Waals surface area contributed by atoms with E-state index in [0.717, 1.165) is 33.9 Å². The van der Waals surface area contributed by atoms with Crippen LogP contribution >= 0.6 is 11.6 Å². The summed E-state index contributed by atoms with van der Waals surface area (Å²) in [6, 6.07) is 7.86. The van der Waals surface area contributed by atoms with E-state index >= 15 is 0 Å². The fraction of sp³-hybridized carbons (Fsp3) is 0.250. The second-order valence-electron chi connectivity index (χ2n) is 5.28. The molecule has 3 aromatic rings. The van der Waals surface area contributed by atoms with Crippen LogP contribution in [-0.4, -0.2) is 14.5 Å². The van der Waals surface area contributed by atoms with Crippen molar-refractivity contribution in [1.82, 2.24) is 14.5 Å². The zero-order valence-electron chi connectivity index (χ0n) is 12.3. The molecule has 0 unspecified atom stereocenters. The van der Waals surface area contributed by atoms with Gasteiger partial charge in [-0.05, 0) is 44.0 Å². The van der Waals surface area contributed by atoms with Crippen LogP contribution in [0.5, 0.6) is 0 Å². The minimum absolute atomic E-state index is 0.549. The Bertz CT molecular complexity index is 819. The van der Waals surface area contributed by atoms with E-state index in [1.54, 1.807) is 0 Å². The molecular formula is C16H17ClN4. The van der Waals surface area contributed by atoms with Gasteiger partial charge in [-0.25, -0.2) is 9.97 Å². The molecule has 108 valence electrons. The molecule has 1 aromatic carbocycles. The first-order valence-electron chi connectivity index (χ1n) is 6.81. The number of halogens is 1. The van der Waals surface area contributed by atoms with Crippen LogP contribution in [0.2, 0.25) is 5.02 Å². The highest BCUT2D eigenvalue weighted by Gasteiger charge is 2.16. The van der Waals surface area contributed by atoms with E-state index in [9.17, 15) is 0 Å². The maximum Gasteiger partial charge on any atom is 0.146 e. The number of aromatic nitrogens is 3. The third-order valence-corrected chi connectivity index (χ3v) is 4.11. The van der Waals surface area contributed by atoms with Crippen molar-refractivity contribution in [2.45, 2.75) is 27.3 Å². The van der Waals surface area contributed by atoms with Crippen molar-refractivity contribution in [2.75, 3.05) is 5.73 Å². The number of benzene rings is 1. The summed E-state index contributed by atoms with van der Waals surface area (Å²) in [5, 5.41) is 1.69. The molecule has 0 spiro atoms. The van der Waals surface area contributed by atoms with Gasteiger partial charge in [-0.15, -0.1) is 0 Å². The van der Waals surface area contributed by atoms with E-state index in [1.165, 1.54) is 5.56 Å². The van der Waals surface area contributed by atoms with Crippen molar-refractivity contribution in [3.8, 4) is 0 Å². The van der Waals surface area contributed by atoms with Gasteiger partial charge >= 0.3 is 0 Å². The molecule has 2 heterocycles. The molecule has 0 aliphatic carbocycles. The molecule has 0 bridgehead atoms. The zero-order valence-corrected chi connectivity index (χ0v) is 13.1. The number of fused-ring (bicyclic) bond motifs is 1. The van der Waals surface area contributed by atoms with Crippen LogP contribution in [-0.2, 0) is 6.54 Å². The molecule has 3 rings (SSSR count). The summed E-state index contributed by atoms with van der Waals surface area (Å²) in [6.45, 7) is 6.75. The predicted octanol–water partition coefficient (Wildman–Crippen LogP) is 3.64. The normalized spacial score (nSPS) is 11.2. The highest BCUT2D eigenvalue weighted by molar-refractivity contribution is 6.30. The van der Waals surface area contributed by atoms with Gasteiger partial charge in [0.1, 0.15) is 17.3 Å². The number of hydrogen-bond acceptors (Lipinski definition) is 3. The Morgan fingerprint density at radius 3 is 2.43 bits per heavy atom. The Labute approximate surface area is 128 Å². The molecule has 5 heteroatoms. The molecule has 2 N–H and O–H groups in total. The Balaban J connectivity index is 2.18. The van der Waals surface area contributed by atoms with Gasteiger partial charge in [-0.3, -0.25) is 0 Å². The lowest BCUT2D eigenvalue weighted by Crippen LogP contribution is -2.04. The summed E-state index contributed by atoms with van der Waals surface area (Å²) < 4.78 is 2.18. The van der Waals surface area contributed by atoms with Crippen LogP contribution in [0.3, 0.4) is 0 Å². The molecule has 0 saturated carbocycles. The zero-order chi connectivity index (χ0) is 15.1. The second kappa shape index (κ2) is 5.04. The highest BCUT2D eigenvalue weighted by Crippen LogP contribution is 2.28. The number of rotatable bonds is 2. The maximum absolute atomic E-state index is 6.07. The van der Waals surface area contributed by atoms with Gasteiger partial charge in [0.2, 0.25) is 0 Å². The molecule has 0 aliphatic heterocycles. The number of nitrogen functional groups attached to an aromatic ring is 1. The first kappa shape index (κ1) is 13.9. The van der Waals surface area contributed by atoms with Gasteiger partial charge in [0.05, 0.1) is 5.39 Å². The van der Waals surface area contributed by atoms with E-state index < -0.39 is 0 Å². The maximum atomic E-state index is 6.07. The average Bonchev–Trinajstić information content (AvgIpc) is 2.66. The lowest BCUT2D eigenvalue weighted by molar-refractivity contribution is 0.787. The Kier molecular flexibility index (Phi) is 3.33. The fourth-order valence-corrected chi connectivity index (χ4v) is 2.77. The summed E-state index contributed by atoms with van der Waals surface area (Å²) >= 11 is 5.94.